The lowest BCUT2D eigenvalue weighted by atomic mass is 10.1. The molecule has 0 radical (unpaired) electrons. The molecule has 1 amide bonds. The number of aromatic nitrogens is 2. The van der Waals surface area contributed by atoms with Gasteiger partial charge in [0.05, 0.1) is 22.3 Å². The summed E-state index contributed by atoms with van der Waals surface area (Å²) in [4.78, 5) is 17.0. The van der Waals surface area contributed by atoms with Gasteiger partial charge in [-0.3, -0.25) is 4.79 Å². The van der Waals surface area contributed by atoms with Crippen molar-refractivity contribution in [2.75, 3.05) is 18.4 Å². The van der Waals surface area contributed by atoms with Crippen molar-refractivity contribution in [3.8, 4) is 0 Å². The van der Waals surface area contributed by atoms with Crippen molar-refractivity contribution in [3.05, 3.63) is 53.9 Å². The number of hydrogen-bond donors (Lipinski definition) is 1. The summed E-state index contributed by atoms with van der Waals surface area (Å²) in [5.74, 6) is -0.207. The number of hydrogen-bond acceptors (Lipinski definition) is 4. The predicted molar refractivity (Wildman–Crippen MR) is 114 cm³/mol. The Morgan fingerprint density at radius 1 is 1.07 bits per heavy atom. The Balaban J connectivity index is 1.73. The molecule has 2 aromatic carbocycles. The van der Waals surface area contributed by atoms with Gasteiger partial charge in [-0.25, -0.2) is 13.4 Å². The van der Waals surface area contributed by atoms with Crippen LogP contribution in [-0.4, -0.2) is 41.3 Å². The number of anilines is 1. The summed E-state index contributed by atoms with van der Waals surface area (Å²) in [6.07, 6.45) is 1.66. The zero-order chi connectivity index (χ0) is 21.2. The molecule has 8 heteroatoms. The van der Waals surface area contributed by atoms with Gasteiger partial charge in [0.1, 0.15) is 6.54 Å². The van der Waals surface area contributed by atoms with Crippen LogP contribution >= 0.6 is 0 Å². The zero-order valence-corrected chi connectivity index (χ0v) is 18.0. The van der Waals surface area contributed by atoms with Crippen LogP contribution in [0.4, 0.5) is 5.69 Å². The molecule has 3 rings (SSSR count). The lowest BCUT2D eigenvalue weighted by Gasteiger charge is -2.18. The zero-order valence-electron chi connectivity index (χ0n) is 17.1. The second kappa shape index (κ2) is 8.34. The van der Waals surface area contributed by atoms with Crippen molar-refractivity contribution < 1.29 is 13.2 Å². The SMILES string of the molecule is CCN(CC)S(=O)(=O)c1ccc(NC(=O)Cn2cnc3cc(C)c(C)cc32)cc1. The molecule has 0 bridgehead atoms. The van der Waals surface area contributed by atoms with Gasteiger partial charge in [-0.15, -0.1) is 0 Å². The summed E-state index contributed by atoms with van der Waals surface area (Å²) in [5, 5.41) is 2.81. The van der Waals surface area contributed by atoms with Gasteiger partial charge in [0.25, 0.3) is 0 Å². The standard InChI is InChI=1S/C21H26N4O3S/c1-5-25(6-2)29(27,28)18-9-7-17(8-10-18)23-21(26)13-24-14-22-19-11-15(3)16(4)12-20(19)24/h7-12,14H,5-6,13H2,1-4H3,(H,23,26). The van der Waals surface area contributed by atoms with Crippen LogP contribution in [0.3, 0.4) is 0 Å². The van der Waals surface area contributed by atoms with E-state index in [-0.39, 0.29) is 17.3 Å². The van der Waals surface area contributed by atoms with E-state index >= 15 is 0 Å². The number of aryl methyl sites for hydroxylation is 2. The highest BCUT2D eigenvalue weighted by atomic mass is 32.2. The number of fused-ring (bicyclic) bond motifs is 1. The number of benzene rings is 2. The number of imidazole rings is 1. The molecule has 29 heavy (non-hydrogen) atoms. The molecule has 0 fully saturated rings. The number of amides is 1. The van der Waals surface area contributed by atoms with Gasteiger partial charge in [0, 0.05) is 18.8 Å². The van der Waals surface area contributed by atoms with E-state index in [9.17, 15) is 13.2 Å². The van der Waals surface area contributed by atoms with Crippen molar-refractivity contribution >= 4 is 32.7 Å². The third-order valence-electron chi connectivity index (χ3n) is 5.03. The van der Waals surface area contributed by atoms with Crippen LogP contribution < -0.4 is 5.32 Å². The molecule has 0 aliphatic rings. The van der Waals surface area contributed by atoms with Crippen LogP contribution in [0.15, 0.2) is 47.6 Å². The fourth-order valence-corrected chi connectivity index (χ4v) is 4.68. The van der Waals surface area contributed by atoms with Gasteiger partial charge < -0.3 is 9.88 Å². The molecule has 0 aliphatic carbocycles. The summed E-state index contributed by atoms with van der Waals surface area (Å²) in [6, 6.07) is 10.3. The normalized spacial score (nSPS) is 11.9. The monoisotopic (exact) mass is 414 g/mol. The maximum absolute atomic E-state index is 12.5. The lowest BCUT2D eigenvalue weighted by molar-refractivity contribution is -0.116. The van der Waals surface area contributed by atoms with E-state index in [1.807, 2.05) is 26.0 Å². The Morgan fingerprint density at radius 2 is 1.69 bits per heavy atom. The summed E-state index contributed by atoms with van der Waals surface area (Å²) < 4.78 is 28.3. The molecule has 0 atom stereocenters. The molecular weight excluding hydrogens is 388 g/mol. The molecule has 1 aromatic heterocycles. The Hall–Kier alpha value is -2.71. The smallest absolute Gasteiger partial charge is 0.244 e. The van der Waals surface area contributed by atoms with Crippen molar-refractivity contribution in [2.24, 2.45) is 0 Å². The molecule has 7 nitrogen and oxygen atoms in total. The maximum Gasteiger partial charge on any atom is 0.244 e. The lowest BCUT2D eigenvalue weighted by Crippen LogP contribution is -2.30. The molecule has 1 N–H and O–H groups in total. The van der Waals surface area contributed by atoms with E-state index in [0.717, 1.165) is 22.2 Å². The fraction of sp³-hybridized carbons (Fsp3) is 0.333. The Kier molecular flexibility index (Phi) is 6.04. The third-order valence-corrected chi connectivity index (χ3v) is 7.10. The average molecular weight is 415 g/mol. The molecular formula is C21H26N4O3S. The highest BCUT2D eigenvalue weighted by Crippen LogP contribution is 2.20. The molecule has 0 saturated carbocycles. The number of rotatable bonds is 7. The number of sulfonamides is 1. The number of carbonyl (C=O) groups excluding carboxylic acids is 1. The summed E-state index contributed by atoms with van der Waals surface area (Å²) in [5.41, 5.74) is 4.61. The predicted octanol–water partition coefficient (Wildman–Crippen LogP) is 3.32. The van der Waals surface area contributed by atoms with E-state index < -0.39 is 10.0 Å². The van der Waals surface area contributed by atoms with Crippen molar-refractivity contribution in [1.82, 2.24) is 13.9 Å². The first-order valence-electron chi connectivity index (χ1n) is 9.58. The minimum absolute atomic E-state index is 0.124. The highest BCUT2D eigenvalue weighted by molar-refractivity contribution is 7.89. The van der Waals surface area contributed by atoms with Gasteiger partial charge in [0.2, 0.25) is 15.9 Å². The van der Waals surface area contributed by atoms with Crippen molar-refractivity contribution in [1.29, 1.82) is 0 Å². The minimum Gasteiger partial charge on any atom is -0.325 e. The number of nitrogens with zero attached hydrogens (tertiary/aromatic N) is 3. The fourth-order valence-electron chi connectivity index (χ4n) is 3.22. The van der Waals surface area contributed by atoms with E-state index in [4.69, 9.17) is 0 Å². The third kappa shape index (κ3) is 4.33. The number of nitrogens with one attached hydrogen (secondary N) is 1. The quantitative estimate of drug-likeness (QED) is 0.643. The molecule has 0 saturated heterocycles. The molecule has 3 aromatic rings. The van der Waals surface area contributed by atoms with E-state index in [1.165, 1.54) is 16.4 Å². The Bertz CT molecular complexity index is 1130. The van der Waals surface area contributed by atoms with Crippen LogP contribution in [0.5, 0.6) is 0 Å². The van der Waals surface area contributed by atoms with Crippen LogP contribution in [-0.2, 0) is 21.4 Å². The van der Waals surface area contributed by atoms with E-state index in [2.05, 4.69) is 10.3 Å². The van der Waals surface area contributed by atoms with E-state index in [1.54, 1.807) is 36.9 Å². The van der Waals surface area contributed by atoms with Gasteiger partial charge in [-0.2, -0.15) is 4.31 Å². The Morgan fingerprint density at radius 3 is 2.31 bits per heavy atom. The van der Waals surface area contributed by atoms with Gasteiger partial charge in [0.15, 0.2) is 0 Å². The van der Waals surface area contributed by atoms with Gasteiger partial charge in [-0.05, 0) is 61.4 Å². The topological polar surface area (TPSA) is 84.3 Å². The first-order chi connectivity index (χ1) is 13.8. The minimum atomic E-state index is -3.51. The summed E-state index contributed by atoms with van der Waals surface area (Å²) in [7, 11) is -3.51. The first-order valence-corrected chi connectivity index (χ1v) is 11.0. The second-order valence-corrected chi connectivity index (χ2v) is 8.90. The molecule has 1 heterocycles. The Labute approximate surface area is 171 Å². The average Bonchev–Trinajstić information content (AvgIpc) is 3.04. The summed E-state index contributed by atoms with van der Waals surface area (Å²) >= 11 is 0. The second-order valence-electron chi connectivity index (χ2n) is 6.96. The van der Waals surface area contributed by atoms with Crippen molar-refractivity contribution in [3.63, 3.8) is 0 Å². The molecule has 0 unspecified atom stereocenters. The van der Waals surface area contributed by atoms with Crippen LogP contribution in [0.25, 0.3) is 11.0 Å². The van der Waals surface area contributed by atoms with Crippen molar-refractivity contribution in [2.45, 2.75) is 39.1 Å². The first kappa shape index (κ1) is 21.0. The summed E-state index contributed by atoms with van der Waals surface area (Å²) in [6.45, 7) is 8.62. The highest BCUT2D eigenvalue weighted by Gasteiger charge is 2.21. The van der Waals surface area contributed by atoms with Gasteiger partial charge in [-0.1, -0.05) is 13.8 Å². The number of carbonyl (C=O) groups is 1. The molecule has 0 aliphatic heterocycles. The van der Waals surface area contributed by atoms with Gasteiger partial charge >= 0.3 is 0 Å². The van der Waals surface area contributed by atoms with E-state index in [0.29, 0.717) is 18.8 Å². The largest absolute Gasteiger partial charge is 0.325 e. The molecule has 154 valence electrons. The van der Waals surface area contributed by atoms with Crippen LogP contribution in [0.1, 0.15) is 25.0 Å². The van der Waals surface area contributed by atoms with Crippen LogP contribution in [0.2, 0.25) is 0 Å². The maximum atomic E-state index is 12.5. The van der Waals surface area contributed by atoms with Crippen LogP contribution in [0, 0.1) is 13.8 Å². The molecule has 0 spiro atoms.